The van der Waals surface area contributed by atoms with Gasteiger partial charge in [-0.1, -0.05) is 24.9 Å². The van der Waals surface area contributed by atoms with Gasteiger partial charge in [0, 0.05) is 12.8 Å². The highest BCUT2D eigenvalue weighted by molar-refractivity contribution is 6.30. The van der Waals surface area contributed by atoms with Gasteiger partial charge in [-0.15, -0.1) is 0 Å². The number of halogens is 1. The minimum Gasteiger partial charge on any atom is -0.497 e. The number of benzene rings is 1. The predicted octanol–water partition coefficient (Wildman–Crippen LogP) is 3.72. The van der Waals surface area contributed by atoms with E-state index in [0.717, 1.165) is 54.2 Å². The van der Waals surface area contributed by atoms with Crippen molar-refractivity contribution in [1.82, 2.24) is 15.0 Å². The number of aromatic amines is 1. The van der Waals surface area contributed by atoms with Crippen molar-refractivity contribution in [3.8, 4) is 5.75 Å². The van der Waals surface area contributed by atoms with E-state index in [9.17, 15) is 4.79 Å². The van der Waals surface area contributed by atoms with Crippen LogP contribution in [0.15, 0.2) is 29.4 Å². The van der Waals surface area contributed by atoms with Crippen LogP contribution in [0.3, 0.4) is 0 Å². The summed E-state index contributed by atoms with van der Waals surface area (Å²) in [6.07, 6.45) is 4.28. The fourth-order valence-electron chi connectivity index (χ4n) is 2.91. The number of hydrogen-bond donors (Lipinski definition) is 1. The third kappa shape index (κ3) is 3.69. The topological polar surface area (TPSA) is 70.6 Å². The number of carbonyl (C=O) groups is 1. The molecular formula is C18H21ClN4O2. The first-order chi connectivity index (χ1) is 12.2. The van der Waals surface area contributed by atoms with Gasteiger partial charge in [0.25, 0.3) is 0 Å². The first-order valence-corrected chi connectivity index (χ1v) is 8.73. The molecule has 6 nitrogen and oxygen atoms in total. The Kier molecular flexibility index (Phi) is 5.38. The SMILES string of the molecule is CCCCc1nc(Cl)c(C2CC(c3ccc(OC)cc3)=NN2C=O)[nH]1. The van der Waals surface area contributed by atoms with Gasteiger partial charge in [-0.3, -0.25) is 4.79 Å². The zero-order valence-electron chi connectivity index (χ0n) is 14.3. The Labute approximate surface area is 151 Å². The summed E-state index contributed by atoms with van der Waals surface area (Å²) in [5, 5.41) is 6.25. The Morgan fingerprint density at radius 3 is 2.80 bits per heavy atom. The molecule has 1 aliphatic heterocycles. The smallest absolute Gasteiger partial charge is 0.230 e. The van der Waals surface area contributed by atoms with Crippen molar-refractivity contribution >= 4 is 23.7 Å². The van der Waals surface area contributed by atoms with Crippen LogP contribution in [-0.2, 0) is 11.2 Å². The number of unbranched alkanes of at least 4 members (excludes halogenated alkanes) is 1. The van der Waals surface area contributed by atoms with E-state index < -0.39 is 0 Å². The lowest BCUT2D eigenvalue weighted by molar-refractivity contribution is -0.119. The van der Waals surface area contributed by atoms with E-state index in [1.807, 2.05) is 24.3 Å². The molecule has 25 heavy (non-hydrogen) atoms. The van der Waals surface area contributed by atoms with Gasteiger partial charge >= 0.3 is 0 Å². The lowest BCUT2D eigenvalue weighted by Gasteiger charge is -2.15. The van der Waals surface area contributed by atoms with Crippen LogP contribution in [0.4, 0.5) is 0 Å². The largest absolute Gasteiger partial charge is 0.497 e. The molecule has 0 saturated carbocycles. The van der Waals surface area contributed by atoms with Gasteiger partial charge in [0.2, 0.25) is 6.41 Å². The molecule has 0 aliphatic carbocycles. The number of aromatic nitrogens is 2. The van der Waals surface area contributed by atoms with E-state index in [1.165, 1.54) is 5.01 Å². The van der Waals surface area contributed by atoms with Gasteiger partial charge in [-0.25, -0.2) is 9.99 Å². The summed E-state index contributed by atoms with van der Waals surface area (Å²) in [5.74, 6) is 1.63. The standard InChI is InChI=1S/C18H21ClN4O2/c1-3-4-5-16-20-17(18(19)21-16)15-10-14(22-23(15)11-24)12-6-8-13(25-2)9-7-12/h6-9,11,15H,3-5,10H2,1-2H3,(H,20,21). The van der Waals surface area contributed by atoms with Gasteiger partial charge in [0.05, 0.1) is 18.5 Å². The number of hydrazone groups is 1. The van der Waals surface area contributed by atoms with E-state index in [1.54, 1.807) is 7.11 Å². The molecule has 0 radical (unpaired) electrons. The van der Waals surface area contributed by atoms with Gasteiger partial charge in [-0.05, 0) is 36.2 Å². The molecule has 132 valence electrons. The molecule has 0 bridgehead atoms. The molecule has 1 amide bonds. The predicted molar refractivity (Wildman–Crippen MR) is 97.0 cm³/mol. The monoisotopic (exact) mass is 360 g/mol. The maximum absolute atomic E-state index is 11.5. The van der Waals surface area contributed by atoms with Crippen molar-refractivity contribution in [1.29, 1.82) is 0 Å². The molecule has 1 aromatic carbocycles. The lowest BCUT2D eigenvalue weighted by atomic mass is 10.0. The zero-order chi connectivity index (χ0) is 17.8. The van der Waals surface area contributed by atoms with Crippen LogP contribution < -0.4 is 4.74 Å². The fraction of sp³-hybridized carbons (Fsp3) is 0.389. The summed E-state index contributed by atoms with van der Waals surface area (Å²) in [7, 11) is 1.63. The lowest BCUT2D eigenvalue weighted by Crippen LogP contribution is -2.18. The number of imidazole rings is 1. The number of rotatable bonds is 7. The van der Waals surface area contributed by atoms with Gasteiger partial charge < -0.3 is 9.72 Å². The molecule has 1 unspecified atom stereocenters. The van der Waals surface area contributed by atoms with Crippen molar-refractivity contribution in [2.45, 2.75) is 38.6 Å². The number of nitrogens with one attached hydrogen (secondary N) is 1. The second kappa shape index (κ2) is 7.70. The van der Waals surface area contributed by atoms with Crippen molar-refractivity contribution in [3.05, 3.63) is 46.5 Å². The summed E-state index contributed by atoms with van der Waals surface area (Å²) >= 11 is 6.31. The Morgan fingerprint density at radius 2 is 2.16 bits per heavy atom. The summed E-state index contributed by atoms with van der Waals surface area (Å²) in [6, 6.07) is 7.37. The highest BCUT2D eigenvalue weighted by atomic mass is 35.5. The van der Waals surface area contributed by atoms with Crippen LogP contribution in [0, 0.1) is 0 Å². The molecule has 0 saturated heterocycles. The Bertz CT molecular complexity index is 770. The molecule has 0 fully saturated rings. The minimum atomic E-state index is -0.259. The summed E-state index contributed by atoms with van der Waals surface area (Å²) in [6.45, 7) is 2.13. The second-order valence-electron chi connectivity index (χ2n) is 5.97. The maximum Gasteiger partial charge on any atom is 0.230 e. The first-order valence-electron chi connectivity index (χ1n) is 8.36. The minimum absolute atomic E-state index is 0.259. The number of hydrogen-bond acceptors (Lipinski definition) is 4. The maximum atomic E-state index is 11.5. The number of carbonyl (C=O) groups excluding carboxylic acids is 1. The normalized spacial score (nSPS) is 16.8. The van der Waals surface area contributed by atoms with Gasteiger partial charge in [-0.2, -0.15) is 5.10 Å². The number of ether oxygens (including phenoxy) is 1. The van der Waals surface area contributed by atoms with Crippen molar-refractivity contribution in [3.63, 3.8) is 0 Å². The van der Waals surface area contributed by atoms with Crippen LogP contribution in [0.1, 0.15) is 49.3 Å². The number of H-pyrrole nitrogens is 1. The van der Waals surface area contributed by atoms with Gasteiger partial charge in [0.1, 0.15) is 17.6 Å². The summed E-state index contributed by atoms with van der Waals surface area (Å²) < 4.78 is 5.18. The quantitative estimate of drug-likeness (QED) is 0.765. The van der Waals surface area contributed by atoms with E-state index in [-0.39, 0.29) is 6.04 Å². The first kappa shape index (κ1) is 17.5. The van der Waals surface area contributed by atoms with Crippen molar-refractivity contribution in [2.24, 2.45) is 5.10 Å². The number of amides is 1. The summed E-state index contributed by atoms with van der Waals surface area (Å²) in [4.78, 5) is 19.1. The molecule has 1 aromatic heterocycles. The van der Waals surface area contributed by atoms with E-state index in [0.29, 0.717) is 11.6 Å². The molecular weight excluding hydrogens is 340 g/mol. The molecule has 7 heteroatoms. The molecule has 0 spiro atoms. The average Bonchev–Trinajstić information content (AvgIpc) is 3.23. The van der Waals surface area contributed by atoms with Crippen LogP contribution in [0.2, 0.25) is 5.15 Å². The second-order valence-corrected chi connectivity index (χ2v) is 6.33. The number of nitrogens with zero attached hydrogens (tertiary/aromatic N) is 3. The highest BCUT2D eigenvalue weighted by Crippen LogP contribution is 2.34. The van der Waals surface area contributed by atoms with Crippen LogP contribution in [0.25, 0.3) is 0 Å². The summed E-state index contributed by atoms with van der Waals surface area (Å²) in [5.41, 5.74) is 2.53. The fourth-order valence-corrected chi connectivity index (χ4v) is 3.19. The zero-order valence-corrected chi connectivity index (χ0v) is 15.1. The number of aryl methyl sites for hydroxylation is 1. The molecule has 1 aliphatic rings. The number of methoxy groups -OCH3 is 1. The Balaban J connectivity index is 1.82. The third-order valence-electron chi connectivity index (χ3n) is 4.31. The van der Waals surface area contributed by atoms with E-state index >= 15 is 0 Å². The molecule has 1 N–H and O–H groups in total. The van der Waals surface area contributed by atoms with Crippen molar-refractivity contribution in [2.75, 3.05) is 7.11 Å². The average molecular weight is 361 g/mol. The molecule has 1 atom stereocenters. The van der Waals surface area contributed by atoms with Crippen LogP contribution in [0.5, 0.6) is 5.75 Å². The highest BCUT2D eigenvalue weighted by Gasteiger charge is 2.32. The van der Waals surface area contributed by atoms with Crippen LogP contribution >= 0.6 is 11.6 Å². The molecule has 2 heterocycles. The third-order valence-corrected chi connectivity index (χ3v) is 4.60. The van der Waals surface area contributed by atoms with Crippen LogP contribution in [-0.4, -0.2) is 34.2 Å². The Hall–Kier alpha value is -2.34. The Morgan fingerprint density at radius 1 is 1.40 bits per heavy atom. The molecule has 2 aromatic rings. The van der Waals surface area contributed by atoms with E-state index in [2.05, 4.69) is 22.0 Å². The van der Waals surface area contributed by atoms with Crippen molar-refractivity contribution < 1.29 is 9.53 Å². The van der Waals surface area contributed by atoms with E-state index in [4.69, 9.17) is 16.3 Å². The molecule has 3 rings (SSSR count). The van der Waals surface area contributed by atoms with Gasteiger partial charge in [0.15, 0.2) is 5.15 Å².